The Kier molecular flexibility index (Phi) is 3.66. The van der Waals surface area contributed by atoms with E-state index >= 15 is 0 Å². The first-order chi connectivity index (χ1) is 7.79. The van der Waals surface area contributed by atoms with Gasteiger partial charge < -0.3 is 10.6 Å². The molecule has 1 aliphatic heterocycles. The molecular weight excluding hydrogens is 220 g/mol. The molecule has 0 unspecified atom stereocenters. The normalized spacial score (nSPS) is 19.8. The van der Waals surface area contributed by atoms with Gasteiger partial charge in [0, 0.05) is 36.8 Å². The van der Waals surface area contributed by atoms with Crippen molar-refractivity contribution in [3.63, 3.8) is 0 Å². The van der Waals surface area contributed by atoms with Gasteiger partial charge >= 0.3 is 0 Å². The standard InChI is InChI=1S/C11H18N4S/c1-16-11(9-12)3-7-15(8-4-11)10-13-5-2-6-14-10/h2,5-6H,3-4,7-9,12H2,1H3. The molecule has 1 aliphatic rings. The monoisotopic (exact) mass is 238 g/mol. The average molecular weight is 238 g/mol. The van der Waals surface area contributed by atoms with Crippen LogP contribution in [-0.2, 0) is 0 Å². The Morgan fingerprint density at radius 3 is 2.50 bits per heavy atom. The Labute approximate surface area is 101 Å². The van der Waals surface area contributed by atoms with Crippen LogP contribution in [0.4, 0.5) is 5.95 Å². The van der Waals surface area contributed by atoms with E-state index in [0.717, 1.165) is 38.4 Å². The largest absolute Gasteiger partial charge is 0.341 e. The molecule has 88 valence electrons. The molecule has 0 bridgehead atoms. The maximum atomic E-state index is 5.86. The minimum absolute atomic E-state index is 0.269. The summed E-state index contributed by atoms with van der Waals surface area (Å²) in [6.07, 6.45) is 7.97. The van der Waals surface area contributed by atoms with Crippen LogP contribution in [0.25, 0.3) is 0 Å². The number of nitrogens with zero attached hydrogens (tertiary/aromatic N) is 3. The van der Waals surface area contributed by atoms with Gasteiger partial charge in [-0.25, -0.2) is 9.97 Å². The summed E-state index contributed by atoms with van der Waals surface area (Å²) in [7, 11) is 0. The van der Waals surface area contributed by atoms with Crippen LogP contribution < -0.4 is 10.6 Å². The summed E-state index contributed by atoms with van der Waals surface area (Å²) >= 11 is 1.90. The second-order valence-corrected chi connectivity index (χ2v) is 5.40. The summed E-state index contributed by atoms with van der Waals surface area (Å²) < 4.78 is 0.269. The molecule has 16 heavy (non-hydrogen) atoms. The molecule has 1 saturated heterocycles. The molecule has 0 aromatic carbocycles. The molecule has 0 radical (unpaired) electrons. The van der Waals surface area contributed by atoms with E-state index in [0.29, 0.717) is 0 Å². The molecule has 2 rings (SSSR count). The van der Waals surface area contributed by atoms with Crippen LogP contribution in [0.15, 0.2) is 18.5 Å². The topological polar surface area (TPSA) is 55.0 Å². The van der Waals surface area contributed by atoms with Gasteiger partial charge in [0.15, 0.2) is 0 Å². The van der Waals surface area contributed by atoms with Crippen molar-refractivity contribution in [2.75, 3.05) is 30.8 Å². The third kappa shape index (κ3) is 2.30. The minimum Gasteiger partial charge on any atom is -0.341 e. The van der Waals surface area contributed by atoms with Gasteiger partial charge in [-0.1, -0.05) is 0 Å². The Balaban J connectivity index is 2.00. The molecule has 0 aliphatic carbocycles. The zero-order valence-corrected chi connectivity index (χ0v) is 10.4. The summed E-state index contributed by atoms with van der Waals surface area (Å²) in [6.45, 7) is 2.77. The van der Waals surface area contributed by atoms with Crippen molar-refractivity contribution in [1.29, 1.82) is 0 Å². The number of thioether (sulfide) groups is 1. The van der Waals surface area contributed by atoms with Crippen LogP contribution in [0.3, 0.4) is 0 Å². The molecule has 1 fully saturated rings. The van der Waals surface area contributed by atoms with Gasteiger partial charge in [-0.3, -0.25) is 0 Å². The Bertz CT molecular complexity index is 316. The molecular formula is C11H18N4S. The van der Waals surface area contributed by atoms with Crippen molar-refractivity contribution in [1.82, 2.24) is 9.97 Å². The zero-order valence-electron chi connectivity index (χ0n) is 9.59. The van der Waals surface area contributed by atoms with Crippen molar-refractivity contribution in [3.8, 4) is 0 Å². The molecule has 2 N–H and O–H groups in total. The molecule has 0 amide bonds. The van der Waals surface area contributed by atoms with Crippen LogP contribution in [0.2, 0.25) is 0 Å². The minimum atomic E-state index is 0.269. The van der Waals surface area contributed by atoms with Crippen molar-refractivity contribution in [3.05, 3.63) is 18.5 Å². The molecule has 0 spiro atoms. The second kappa shape index (κ2) is 5.01. The zero-order chi connectivity index (χ0) is 11.4. The van der Waals surface area contributed by atoms with Gasteiger partial charge in [0.25, 0.3) is 0 Å². The van der Waals surface area contributed by atoms with E-state index in [1.807, 2.05) is 17.8 Å². The van der Waals surface area contributed by atoms with E-state index in [1.54, 1.807) is 12.4 Å². The third-order valence-corrected chi connectivity index (χ3v) is 4.76. The number of rotatable bonds is 3. The predicted molar refractivity (Wildman–Crippen MR) is 68.8 cm³/mol. The summed E-state index contributed by atoms with van der Waals surface area (Å²) in [5, 5.41) is 0. The van der Waals surface area contributed by atoms with E-state index in [-0.39, 0.29) is 4.75 Å². The number of piperidine rings is 1. The maximum absolute atomic E-state index is 5.86. The smallest absolute Gasteiger partial charge is 0.225 e. The van der Waals surface area contributed by atoms with Crippen molar-refractivity contribution >= 4 is 17.7 Å². The lowest BCUT2D eigenvalue weighted by Crippen LogP contribution is -2.47. The Morgan fingerprint density at radius 1 is 1.38 bits per heavy atom. The summed E-state index contributed by atoms with van der Waals surface area (Å²) in [6, 6.07) is 1.85. The summed E-state index contributed by atoms with van der Waals surface area (Å²) in [5.41, 5.74) is 5.86. The van der Waals surface area contributed by atoms with Gasteiger partial charge in [0.05, 0.1) is 0 Å². The molecule has 5 heteroatoms. The number of hydrogen-bond acceptors (Lipinski definition) is 5. The van der Waals surface area contributed by atoms with E-state index in [2.05, 4.69) is 21.1 Å². The maximum Gasteiger partial charge on any atom is 0.225 e. The number of hydrogen-bond donors (Lipinski definition) is 1. The van der Waals surface area contributed by atoms with Crippen LogP contribution in [0.5, 0.6) is 0 Å². The van der Waals surface area contributed by atoms with E-state index in [1.165, 1.54) is 0 Å². The van der Waals surface area contributed by atoms with Gasteiger partial charge in [-0.2, -0.15) is 11.8 Å². The Morgan fingerprint density at radius 2 is 2.00 bits per heavy atom. The van der Waals surface area contributed by atoms with Crippen LogP contribution in [-0.4, -0.2) is 40.6 Å². The molecule has 1 aromatic heterocycles. The molecule has 4 nitrogen and oxygen atoms in total. The van der Waals surface area contributed by atoms with E-state index < -0.39 is 0 Å². The lowest BCUT2D eigenvalue weighted by molar-refractivity contribution is 0.453. The van der Waals surface area contributed by atoms with E-state index in [9.17, 15) is 0 Å². The van der Waals surface area contributed by atoms with E-state index in [4.69, 9.17) is 5.73 Å². The highest BCUT2D eigenvalue weighted by Crippen LogP contribution is 2.34. The predicted octanol–water partition coefficient (Wildman–Crippen LogP) is 1.14. The summed E-state index contributed by atoms with van der Waals surface area (Å²) in [5.74, 6) is 0.842. The fraction of sp³-hybridized carbons (Fsp3) is 0.636. The van der Waals surface area contributed by atoms with Crippen LogP contribution >= 0.6 is 11.8 Å². The third-order valence-electron chi connectivity index (χ3n) is 3.31. The lowest BCUT2D eigenvalue weighted by atomic mass is 9.96. The number of nitrogens with two attached hydrogens (primary N) is 1. The lowest BCUT2D eigenvalue weighted by Gasteiger charge is -2.39. The number of anilines is 1. The van der Waals surface area contributed by atoms with Crippen LogP contribution in [0, 0.1) is 0 Å². The molecule has 2 heterocycles. The highest BCUT2D eigenvalue weighted by Gasteiger charge is 2.33. The van der Waals surface area contributed by atoms with Crippen molar-refractivity contribution in [2.45, 2.75) is 17.6 Å². The summed E-state index contributed by atoms with van der Waals surface area (Å²) in [4.78, 5) is 10.8. The highest BCUT2D eigenvalue weighted by atomic mass is 32.2. The fourth-order valence-corrected chi connectivity index (χ4v) is 2.82. The SMILES string of the molecule is CSC1(CN)CCN(c2ncccn2)CC1. The second-order valence-electron chi connectivity index (χ2n) is 4.13. The highest BCUT2D eigenvalue weighted by molar-refractivity contribution is 8.00. The van der Waals surface area contributed by atoms with Gasteiger partial charge in [0.1, 0.15) is 0 Å². The first kappa shape index (κ1) is 11.7. The quantitative estimate of drug-likeness (QED) is 0.855. The van der Waals surface area contributed by atoms with Crippen molar-refractivity contribution in [2.24, 2.45) is 5.73 Å². The number of aromatic nitrogens is 2. The first-order valence-corrected chi connectivity index (χ1v) is 6.79. The molecule has 1 aromatic rings. The Hall–Kier alpha value is -0.810. The van der Waals surface area contributed by atoms with Gasteiger partial charge in [0.2, 0.25) is 5.95 Å². The first-order valence-electron chi connectivity index (χ1n) is 5.57. The fourth-order valence-electron chi connectivity index (χ4n) is 2.06. The molecule has 0 atom stereocenters. The van der Waals surface area contributed by atoms with Gasteiger partial charge in [-0.05, 0) is 25.2 Å². The van der Waals surface area contributed by atoms with Crippen molar-refractivity contribution < 1.29 is 0 Å². The average Bonchev–Trinajstić information content (AvgIpc) is 2.40. The molecule has 0 saturated carbocycles. The van der Waals surface area contributed by atoms with Crippen LogP contribution in [0.1, 0.15) is 12.8 Å². The van der Waals surface area contributed by atoms with Gasteiger partial charge in [-0.15, -0.1) is 0 Å².